The van der Waals surface area contributed by atoms with Crippen LogP contribution in [-0.4, -0.2) is 11.0 Å². The number of hydrogen-bond acceptors (Lipinski definition) is 2. The van der Waals surface area contributed by atoms with E-state index in [4.69, 9.17) is 5.73 Å². The Morgan fingerprint density at radius 3 is 2.86 bits per heavy atom. The smallest absolute Gasteiger partial charge is 0.0305 e. The van der Waals surface area contributed by atoms with E-state index in [9.17, 15) is 0 Å². The monoisotopic (exact) mass is 190 g/mol. The van der Waals surface area contributed by atoms with Gasteiger partial charge >= 0.3 is 0 Å². The molecular formula is C12H18N2. The van der Waals surface area contributed by atoms with Crippen molar-refractivity contribution in [3.8, 4) is 0 Å². The van der Waals surface area contributed by atoms with E-state index in [1.165, 1.54) is 36.8 Å². The Morgan fingerprint density at radius 1 is 1.36 bits per heavy atom. The predicted molar refractivity (Wildman–Crippen MR) is 58.2 cm³/mol. The van der Waals surface area contributed by atoms with Crippen molar-refractivity contribution in [2.24, 2.45) is 5.73 Å². The zero-order valence-corrected chi connectivity index (χ0v) is 8.74. The largest absolute Gasteiger partial charge is 0.327 e. The molecule has 0 bridgehead atoms. The van der Waals surface area contributed by atoms with Crippen LogP contribution in [-0.2, 0) is 0 Å². The summed E-state index contributed by atoms with van der Waals surface area (Å²) in [5.41, 5.74) is 8.85. The minimum Gasteiger partial charge on any atom is -0.327 e. The molecule has 1 fully saturated rings. The molecule has 1 saturated carbocycles. The fraction of sp³-hybridized carbons (Fsp3) is 0.583. The second-order valence-electron chi connectivity index (χ2n) is 4.29. The van der Waals surface area contributed by atoms with Crippen LogP contribution in [0.1, 0.15) is 42.7 Å². The highest BCUT2D eigenvalue weighted by atomic mass is 14.7. The van der Waals surface area contributed by atoms with Crippen molar-refractivity contribution < 1.29 is 0 Å². The molecule has 0 radical (unpaired) electrons. The Balaban J connectivity index is 2.25. The quantitative estimate of drug-likeness (QED) is 0.738. The molecule has 0 aliphatic heterocycles. The molecule has 1 aromatic heterocycles. The number of nitrogens with two attached hydrogens (primary N) is 1. The zero-order valence-electron chi connectivity index (χ0n) is 8.74. The molecule has 1 aromatic rings. The third kappa shape index (κ3) is 1.80. The lowest BCUT2D eigenvalue weighted by Crippen LogP contribution is -2.31. The molecule has 1 heterocycles. The average Bonchev–Trinajstić information content (AvgIpc) is 2.20. The summed E-state index contributed by atoms with van der Waals surface area (Å²) < 4.78 is 0. The minimum absolute atomic E-state index is 0.339. The third-order valence-corrected chi connectivity index (χ3v) is 3.30. The standard InChI is InChI=1S/C12H18N2/c1-9-6-7-14-8-11(9)10-4-2-3-5-12(10)13/h6-8,10,12H,2-5,13H2,1H3. The van der Waals surface area contributed by atoms with Gasteiger partial charge < -0.3 is 5.73 Å². The van der Waals surface area contributed by atoms with Gasteiger partial charge in [-0.15, -0.1) is 0 Å². The lowest BCUT2D eigenvalue weighted by atomic mass is 9.80. The Labute approximate surface area is 85.5 Å². The van der Waals surface area contributed by atoms with Crippen LogP contribution in [0.2, 0.25) is 0 Å². The van der Waals surface area contributed by atoms with Gasteiger partial charge in [-0.05, 0) is 37.0 Å². The van der Waals surface area contributed by atoms with Gasteiger partial charge in [-0.1, -0.05) is 12.8 Å². The lowest BCUT2D eigenvalue weighted by molar-refractivity contribution is 0.384. The first kappa shape index (κ1) is 9.66. The molecule has 0 spiro atoms. The van der Waals surface area contributed by atoms with Crippen molar-refractivity contribution in [1.29, 1.82) is 0 Å². The highest BCUT2D eigenvalue weighted by Gasteiger charge is 2.24. The van der Waals surface area contributed by atoms with Gasteiger partial charge in [0.05, 0.1) is 0 Å². The van der Waals surface area contributed by atoms with Crippen molar-refractivity contribution in [1.82, 2.24) is 4.98 Å². The van der Waals surface area contributed by atoms with Crippen LogP contribution in [0.3, 0.4) is 0 Å². The fourth-order valence-electron chi connectivity index (χ4n) is 2.41. The number of nitrogens with zero attached hydrogens (tertiary/aromatic N) is 1. The summed E-state index contributed by atoms with van der Waals surface area (Å²) in [4.78, 5) is 4.20. The van der Waals surface area contributed by atoms with Gasteiger partial charge in [0.15, 0.2) is 0 Å². The van der Waals surface area contributed by atoms with E-state index in [0.29, 0.717) is 12.0 Å². The summed E-state index contributed by atoms with van der Waals surface area (Å²) in [6, 6.07) is 2.42. The maximum Gasteiger partial charge on any atom is 0.0305 e. The number of pyridine rings is 1. The molecule has 2 nitrogen and oxygen atoms in total. The van der Waals surface area contributed by atoms with E-state index in [-0.39, 0.29) is 0 Å². The van der Waals surface area contributed by atoms with Crippen LogP contribution in [0.15, 0.2) is 18.5 Å². The lowest BCUT2D eigenvalue weighted by Gasteiger charge is -2.29. The Bertz CT molecular complexity index is 309. The van der Waals surface area contributed by atoms with Gasteiger partial charge in [0, 0.05) is 24.4 Å². The zero-order chi connectivity index (χ0) is 9.97. The first-order chi connectivity index (χ1) is 6.79. The van der Waals surface area contributed by atoms with Crippen molar-refractivity contribution in [3.05, 3.63) is 29.6 Å². The second-order valence-corrected chi connectivity index (χ2v) is 4.29. The van der Waals surface area contributed by atoms with Crippen molar-refractivity contribution in [2.75, 3.05) is 0 Å². The number of rotatable bonds is 1. The normalized spacial score (nSPS) is 27.6. The van der Waals surface area contributed by atoms with E-state index in [1.54, 1.807) is 0 Å². The summed E-state index contributed by atoms with van der Waals surface area (Å²) in [5.74, 6) is 0.539. The highest BCUT2D eigenvalue weighted by molar-refractivity contribution is 5.27. The highest BCUT2D eigenvalue weighted by Crippen LogP contribution is 2.32. The van der Waals surface area contributed by atoms with Crippen molar-refractivity contribution in [3.63, 3.8) is 0 Å². The Kier molecular flexibility index (Phi) is 2.82. The molecular weight excluding hydrogens is 172 g/mol. The van der Waals surface area contributed by atoms with Gasteiger partial charge in [-0.3, -0.25) is 4.98 Å². The van der Waals surface area contributed by atoms with E-state index in [1.807, 2.05) is 12.4 Å². The summed E-state index contributed by atoms with van der Waals surface area (Å²) in [5, 5.41) is 0. The number of aromatic nitrogens is 1. The fourth-order valence-corrected chi connectivity index (χ4v) is 2.41. The molecule has 0 aromatic carbocycles. The number of aryl methyl sites for hydroxylation is 1. The SMILES string of the molecule is Cc1ccncc1C1CCCCC1N. The maximum absolute atomic E-state index is 6.15. The van der Waals surface area contributed by atoms with Crippen LogP contribution in [0.25, 0.3) is 0 Å². The molecule has 0 saturated heterocycles. The van der Waals surface area contributed by atoms with Crippen LogP contribution in [0.5, 0.6) is 0 Å². The van der Waals surface area contributed by atoms with E-state index < -0.39 is 0 Å². The summed E-state index contributed by atoms with van der Waals surface area (Å²) >= 11 is 0. The Morgan fingerprint density at radius 2 is 2.14 bits per heavy atom. The summed E-state index contributed by atoms with van der Waals surface area (Å²) in [7, 11) is 0. The molecule has 2 atom stereocenters. The molecule has 2 N–H and O–H groups in total. The number of hydrogen-bond donors (Lipinski definition) is 1. The van der Waals surface area contributed by atoms with Gasteiger partial charge in [0.1, 0.15) is 0 Å². The topological polar surface area (TPSA) is 38.9 Å². The molecule has 2 rings (SSSR count). The molecule has 0 amide bonds. The van der Waals surface area contributed by atoms with Crippen LogP contribution >= 0.6 is 0 Å². The van der Waals surface area contributed by atoms with Crippen molar-refractivity contribution in [2.45, 2.75) is 44.6 Å². The van der Waals surface area contributed by atoms with Crippen molar-refractivity contribution >= 4 is 0 Å². The summed E-state index contributed by atoms with van der Waals surface area (Å²) in [6.07, 6.45) is 8.84. The first-order valence-corrected chi connectivity index (χ1v) is 5.45. The molecule has 2 unspecified atom stereocenters. The van der Waals surface area contributed by atoms with Crippen LogP contribution in [0, 0.1) is 6.92 Å². The van der Waals surface area contributed by atoms with Gasteiger partial charge in [-0.25, -0.2) is 0 Å². The third-order valence-electron chi connectivity index (χ3n) is 3.30. The first-order valence-electron chi connectivity index (χ1n) is 5.45. The minimum atomic E-state index is 0.339. The van der Waals surface area contributed by atoms with Gasteiger partial charge in [0.2, 0.25) is 0 Å². The second kappa shape index (κ2) is 4.09. The maximum atomic E-state index is 6.15. The van der Waals surface area contributed by atoms with E-state index in [0.717, 1.165) is 0 Å². The predicted octanol–water partition coefficient (Wildman–Crippen LogP) is 2.37. The van der Waals surface area contributed by atoms with Crippen LogP contribution in [0.4, 0.5) is 0 Å². The molecule has 2 heteroatoms. The molecule has 1 aliphatic carbocycles. The summed E-state index contributed by atoms with van der Waals surface area (Å²) in [6.45, 7) is 2.15. The average molecular weight is 190 g/mol. The van der Waals surface area contributed by atoms with E-state index in [2.05, 4.69) is 18.0 Å². The van der Waals surface area contributed by atoms with E-state index >= 15 is 0 Å². The van der Waals surface area contributed by atoms with Gasteiger partial charge in [0.25, 0.3) is 0 Å². The Hall–Kier alpha value is -0.890. The van der Waals surface area contributed by atoms with Gasteiger partial charge in [-0.2, -0.15) is 0 Å². The molecule has 76 valence electrons. The molecule has 1 aliphatic rings. The molecule has 14 heavy (non-hydrogen) atoms. The van der Waals surface area contributed by atoms with Crippen LogP contribution < -0.4 is 5.73 Å².